The van der Waals surface area contributed by atoms with E-state index in [1.54, 1.807) is 0 Å². The molecule has 0 amide bonds. The summed E-state index contributed by atoms with van der Waals surface area (Å²) in [7, 11) is 0. The summed E-state index contributed by atoms with van der Waals surface area (Å²) >= 11 is 5.06. The van der Waals surface area contributed by atoms with Crippen LogP contribution in [0, 0.1) is 4.77 Å². The van der Waals surface area contributed by atoms with E-state index in [1.807, 2.05) is 30.3 Å². The number of aryl methyl sites for hydroxylation is 1. The average Bonchev–Trinajstić information content (AvgIpc) is 2.43. The molecule has 0 unspecified atom stereocenters. The molecule has 0 aliphatic heterocycles. The lowest BCUT2D eigenvalue weighted by molar-refractivity contribution is -0.136. The second-order valence-electron chi connectivity index (χ2n) is 4.25. The van der Waals surface area contributed by atoms with E-state index in [4.69, 9.17) is 17.3 Å². The Morgan fingerprint density at radius 2 is 2.05 bits per heavy atom. The largest absolute Gasteiger partial charge is 0.481 e. The molecule has 1 heterocycles. The number of rotatable bonds is 5. The maximum Gasteiger partial charge on any atom is 0.303 e. The first kappa shape index (κ1) is 14.1. The van der Waals surface area contributed by atoms with E-state index in [-0.39, 0.29) is 28.9 Å². The summed E-state index contributed by atoms with van der Waals surface area (Å²) in [5.74, 6) is -0.969. The van der Waals surface area contributed by atoms with Crippen LogP contribution in [0.3, 0.4) is 0 Å². The van der Waals surface area contributed by atoms with Crippen LogP contribution in [-0.4, -0.2) is 25.8 Å². The van der Waals surface area contributed by atoms with Gasteiger partial charge in [-0.3, -0.25) is 19.3 Å². The Morgan fingerprint density at radius 1 is 1.35 bits per heavy atom. The number of H-pyrrole nitrogens is 1. The molecular formula is C13H13N3O3S. The molecule has 0 aliphatic carbocycles. The molecule has 0 aliphatic rings. The van der Waals surface area contributed by atoms with E-state index < -0.39 is 5.97 Å². The van der Waals surface area contributed by atoms with Crippen molar-refractivity contribution >= 4 is 18.2 Å². The third-order valence-electron chi connectivity index (χ3n) is 2.78. The smallest absolute Gasteiger partial charge is 0.303 e. The summed E-state index contributed by atoms with van der Waals surface area (Å²) in [5.41, 5.74) is 0.764. The Morgan fingerprint density at radius 3 is 2.70 bits per heavy atom. The Hall–Kier alpha value is -2.28. The molecule has 0 spiro atoms. The highest BCUT2D eigenvalue weighted by molar-refractivity contribution is 7.71. The van der Waals surface area contributed by atoms with Crippen LogP contribution in [0.5, 0.6) is 0 Å². The molecule has 6 nitrogen and oxygen atoms in total. The zero-order valence-electron chi connectivity index (χ0n) is 10.6. The number of hydrogen-bond acceptors (Lipinski definition) is 4. The maximum absolute atomic E-state index is 12.2. The summed E-state index contributed by atoms with van der Waals surface area (Å²) in [6, 6.07) is 9.41. The van der Waals surface area contributed by atoms with Gasteiger partial charge in [0.05, 0.1) is 13.0 Å². The number of carboxylic acid groups (broad SMARTS) is 1. The number of nitrogens with zero attached hydrogens (tertiary/aromatic N) is 2. The van der Waals surface area contributed by atoms with Gasteiger partial charge in [-0.2, -0.15) is 5.10 Å². The quantitative estimate of drug-likeness (QED) is 0.812. The topological polar surface area (TPSA) is 88.0 Å². The average molecular weight is 291 g/mol. The van der Waals surface area contributed by atoms with Gasteiger partial charge in [-0.1, -0.05) is 30.3 Å². The van der Waals surface area contributed by atoms with Gasteiger partial charge in [0.1, 0.15) is 5.69 Å². The number of carbonyl (C=O) groups is 1. The summed E-state index contributed by atoms with van der Waals surface area (Å²) < 4.78 is 1.60. The van der Waals surface area contributed by atoms with E-state index in [0.29, 0.717) is 6.54 Å². The molecule has 0 radical (unpaired) electrons. The molecule has 0 atom stereocenters. The van der Waals surface area contributed by atoms with Gasteiger partial charge in [0.2, 0.25) is 0 Å². The highest BCUT2D eigenvalue weighted by atomic mass is 32.1. The second-order valence-corrected chi connectivity index (χ2v) is 4.63. The number of aromatic amines is 1. The van der Waals surface area contributed by atoms with Crippen LogP contribution in [0.1, 0.15) is 17.7 Å². The van der Waals surface area contributed by atoms with E-state index in [0.717, 1.165) is 5.56 Å². The maximum atomic E-state index is 12.2. The minimum Gasteiger partial charge on any atom is -0.481 e. The van der Waals surface area contributed by atoms with E-state index >= 15 is 0 Å². The molecular weight excluding hydrogens is 278 g/mol. The first-order chi connectivity index (χ1) is 9.58. The van der Waals surface area contributed by atoms with Gasteiger partial charge in [0.15, 0.2) is 4.77 Å². The molecule has 1 aromatic heterocycles. The molecule has 20 heavy (non-hydrogen) atoms. The van der Waals surface area contributed by atoms with Gasteiger partial charge in [-0.05, 0) is 17.8 Å². The Balaban J connectivity index is 2.33. The molecule has 2 N–H and O–H groups in total. The van der Waals surface area contributed by atoms with Crippen molar-refractivity contribution in [3.63, 3.8) is 0 Å². The van der Waals surface area contributed by atoms with Crippen molar-refractivity contribution < 1.29 is 9.90 Å². The Labute approximate surface area is 119 Å². The van der Waals surface area contributed by atoms with E-state index in [2.05, 4.69) is 10.2 Å². The number of carboxylic acids is 1. The van der Waals surface area contributed by atoms with Crippen LogP contribution in [-0.2, 0) is 17.8 Å². The lowest BCUT2D eigenvalue weighted by Crippen LogP contribution is -2.28. The number of aromatic nitrogens is 3. The SMILES string of the molecule is O=C(O)CCc1n[nH]c(=S)n(Cc2ccccc2)c1=O. The first-order valence-corrected chi connectivity index (χ1v) is 6.43. The fourth-order valence-electron chi connectivity index (χ4n) is 1.77. The fraction of sp³-hybridized carbons (Fsp3) is 0.231. The van der Waals surface area contributed by atoms with Gasteiger partial charge in [0.25, 0.3) is 5.56 Å². The van der Waals surface area contributed by atoms with Crippen molar-refractivity contribution in [1.29, 1.82) is 0 Å². The molecule has 0 fully saturated rings. The van der Waals surface area contributed by atoms with Crippen molar-refractivity contribution in [3.05, 3.63) is 56.7 Å². The van der Waals surface area contributed by atoms with E-state index in [9.17, 15) is 9.59 Å². The fourth-order valence-corrected chi connectivity index (χ4v) is 1.96. The summed E-state index contributed by atoms with van der Waals surface area (Å²) in [6.07, 6.45) is -0.0622. The molecule has 1 aromatic carbocycles. The normalized spacial score (nSPS) is 10.4. The van der Waals surface area contributed by atoms with Crippen LogP contribution >= 0.6 is 12.2 Å². The third-order valence-corrected chi connectivity index (χ3v) is 3.09. The predicted octanol–water partition coefficient (Wildman–Crippen LogP) is 1.37. The van der Waals surface area contributed by atoms with Crippen LogP contribution in [0.15, 0.2) is 35.1 Å². The minimum atomic E-state index is -0.969. The van der Waals surface area contributed by atoms with Crippen molar-refractivity contribution in [2.24, 2.45) is 0 Å². The monoisotopic (exact) mass is 291 g/mol. The zero-order chi connectivity index (χ0) is 14.5. The van der Waals surface area contributed by atoms with Crippen molar-refractivity contribution in [1.82, 2.24) is 14.8 Å². The van der Waals surface area contributed by atoms with Crippen molar-refractivity contribution in [2.75, 3.05) is 0 Å². The lowest BCUT2D eigenvalue weighted by atomic mass is 10.2. The van der Waals surface area contributed by atoms with Gasteiger partial charge in [-0.25, -0.2) is 0 Å². The summed E-state index contributed by atoms with van der Waals surface area (Å²) in [4.78, 5) is 22.8. The molecule has 0 saturated carbocycles. The third kappa shape index (κ3) is 3.39. The predicted molar refractivity (Wildman–Crippen MR) is 75.2 cm³/mol. The van der Waals surface area contributed by atoms with Crippen LogP contribution in [0.4, 0.5) is 0 Å². The number of aliphatic carboxylic acids is 1. The minimum absolute atomic E-state index is 0.0784. The van der Waals surface area contributed by atoms with Gasteiger partial charge < -0.3 is 5.11 Å². The van der Waals surface area contributed by atoms with E-state index in [1.165, 1.54) is 4.57 Å². The summed E-state index contributed by atoms with van der Waals surface area (Å²) in [6.45, 7) is 0.331. The second kappa shape index (κ2) is 6.25. The van der Waals surface area contributed by atoms with Gasteiger partial charge >= 0.3 is 5.97 Å². The van der Waals surface area contributed by atoms with Gasteiger partial charge in [-0.15, -0.1) is 0 Å². The summed E-state index contributed by atoms with van der Waals surface area (Å²) in [5, 5.41) is 15.1. The number of nitrogens with one attached hydrogen (secondary N) is 1. The molecule has 0 bridgehead atoms. The Kier molecular flexibility index (Phi) is 4.41. The number of benzene rings is 1. The molecule has 0 saturated heterocycles. The number of hydrogen-bond donors (Lipinski definition) is 2. The van der Waals surface area contributed by atoms with Crippen LogP contribution in [0.25, 0.3) is 0 Å². The van der Waals surface area contributed by atoms with Crippen molar-refractivity contribution in [3.8, 4) is 0 Å². The van der Waals surface area contributed by atoms with Gasteiger partial charge in [0, 0.05) is 6.42 Å². The van der Waals surface area contributed by atoms with Crippen LogP contribution < -0.4 is 5.56 Å². The molecule has 104 valence electrons. The van der Waals surface area contributed by atoms with Crippen LogP contribution in [0.2, 0.25) is 0 Å². The highest BCUT2D eigenvalue weighted by Crippen LogP contribution is 2.01. The zero-order valence-corrected chi connectivity index (χ0v) is 11.4. The lowest BCUT2D eigenvalue weighted by Gasteiger charge is -2.07. The highest BCUT2D eigenvalue weighted by Gasteiger charge is 2.09. The molecule has 7 heteroatoms. The molecule has 2 aromatic rings. The molecule has 2 rings (SSSR count). The standard InChI is InChI=1S/C13H13N3O3S/c17-11(18)7-6-10-12(19)16(13(20)15-14-10)8-9-4-2-1-3-5-9/h1-5H,6-8H2,(H,15,20)(H,17,18). The van der Waals surface area contributed by atoms with Crippen molar-refractivity contribution in [2.45, 2.75) is 19.4 Å². The Bertz CT molecular complexity index is 722. The first-order valence-electron chi connectivity index (χ1n) is 6.02.